The molecule has 0 spiro atoms. The Labute approximate surface area is 198 Å². The summed E-state index contributed by atoms with van der Waals surface area (Å²) in [5.74, 6) is 0.290. The van der Waals surface area contributed by atoms with Gasteiger partial charge in [0.15, 0.2) is 11.3 Å². The maximum Gasteiger partial charge on any atom is 0.409 e. The highest BCUT2D eigenvalue weighted by molar-refractivity contribution is 7.80. The fourth-order valence-electron chi connectivity index (χ4n) is 2.27. The third-order valence-electron chi connectivity index (χ3n) is 3.73. The van der Waals surface area contributed by atoms with E-state index in [4.69, 9.17) is 56.5 Å². The van der Waals surface area contributed by atoms with Crippen LogP contribution in [0.3, 0.4) is 0 Å². The number of rotatable bonds is 7. The number of nitrogens with zero attached hydrogens (tertiary/aromatic N) is 1. The van der Waals surface area contributed by atoms with Crippen molar-refractivity contribution in [3.05, 3.63) is 64.2 Å². The molecule has 0 aliphatic carbocycles. The van der Waals surface area contributed by atoms with E-state index in [1.54, 1.807) is 24.3 Å². The third kappa shape index (κ3) is 7.91. The Kier molecular flexibility index (Phi) is 8.93. The zero-order valence-electron chi connectivity index (χ0n) is 15.9. The normalized spacial score (nSPS) is 11.7. The van der Waals surface area contributed by atoms with E-state index in [2.05, 4.69) is 16.0 Å². The molecule has 0 aliphatic rings. The minimum Gasteiger partial charge on any atom is -0.496 e. The second kappa shape index (κ2) is 11.2. The van der Waals surface area contributed by atoms with Crippen LogP contribution in [-0.2, 0) is 11.3 Å². The third-order valence-corrected chi connectivity index (χ3v) is 4.60. The van der Waals surface area contributed by atoms with Crippen LogP contribution >= 0.6 is 47.0 Å². The van der Waals surface area contributed by atoms with Crippen LogP contribution in [0.5, 0.6) is 5.75 Å². The number of alkyl halides is 3. The molecule has 0 bridgehead atoms. The molecular weight excluding hydrogens is 491 g/mol. The molecule has 0 aliphatic heterocycles. The van der Waals surface area contributed by atoms with Gasteiger partial charge in [0.2, 0.25) is 3.79 Å². The van der Waals surface area contributed by atoms with Crippen molar-refractivity contribution in [3.8, 4) is 5.75 Å². The Morgan fingerprint density at radius 2 is 1.87 bits per heavy atom. The average molecular weight is 508 g/mol. The van der Waals surface area contributed by atoms with Crippen molar-refractivity contribution in [2.24, 2.45) is 0 Å². The fourth-order valence-corrected chi connectivity index (χ4v) is 2.82. The van der Waals surface area contributed by atoms with E-state index < -0.39 is 21.0 Å². The van der Waals surface area contributed by atoms with Gasteiger partial charge in [0.05, 0.1) is 18.1 Å². The number of hydrogen-bond acceptors (Lipinski definition) is 6. The van der Waals surface area contributed by atoms with Gasteiger partial charge in [-0.05, 0) is 29.9 Å². The summed E-state index contributed by atoms with van der Waals surface area (Å²) < 4.78 is 8.05. The fraction of sp³-hybridized carbons (Fsp3) is 0.222. The number of carbonyl (C=O) groups is 1. The summed E-state index contributed by atoms with van der Waals surface area (Å²) in [6.45, 7) is -0.0000100. The van der Waals surface area contributed by atoms with Crippen LogP contribution in [0.15, 0.2) is 48.5 Å². The number of nitro benzene ring substituents is 1. The molecule has 3 N–H and O–H groups in total. The summed E-state index contributed by atoms with van der Waals surface area (Å²) in [4.78, 5) is 22.8. The lowest BCUT2D eigenvalue weighted by Crippen LogP contribution is -2.56. The molecule has 166 valence electrons. The maximum atomic E-state index is 12.1. The Hall–Kier alpha value is -2.53. The molecule has 0 fully saturated rings. The number of nitrogens with one attached hydrogen (secondary N) is 3. The van der Waals surface area contributed by atoms with Crippen molar-refractivity contribution in [1.29, 1.82) is 0 Å². The topological polar surface area (TPSA) is 115 Å². The molecule has 2 aromatic rings. The number of hydrogen-bond donors (Lipinski definition) is 3. The number of methoxy groups -OCH3 is 1. The molecule has 2 aromatic carbocycles. The monoisotopic (exact) mass is 506 g/mol. The van der Waals surface area contributed by atoms with Crippen molar-refractivity contribution in [2.75, 3.05) is 12.4 Å². The van der Waals surface area contributed by atoms with Gasteiger partial charge < -0.3 is 20.1 Å². The van der Waals surface area contributed by atoms with Gasteiger partial charge in [-0.2, -0.15) is 0 Å². The van der Waals surface area contributed by atoms with E-state index in [1.807, 2.05) is 6.07 Å². The predicted molar refractivity (Wildman–Crippen MR) is 123 cm³/mol. The summed E-state index contributed by atoms with van der Waals surface area (Å²) in [5.41, 5.74) is 0.544. The lowest BCUT2D eigenvalue weighted by atomic mass is 10.2. The summed E-state index contributed by atoms with van der Waals surface area (Å²) in [7, 11) is 1.38. The predicted octanol–water partition coefficient (Wildman–Crippen LogP) is 4.51. The van der Waals surface area contributed by atoms with Gasteiger partial charge in [0.1, 0.15) is 18.0 Å². The number of anilines is 1. The number of halogens is 3. The van der Waals surface area contributed by atoms with E-state index in [1.165, 1.54) is 25.3 Å². The molecule has 0 heterocycles. The maximum absolute atomic E-state index is 12.1. The largest absolute Gasteiger partial charge is 0.496 e. The number of alkyl carbamates (subject to hydrolysis) is 1. The molecule has 0 saturated carbocycles. The van der Waals surface area contributed by atoms with Crippen LogP contribution < -0.4 is 20.7 Å². The molecule has 2 rings (SSSR count). The molecule has 0 saturated heterocycles. The Morgan fingerprint density at radius 1 is 1.19 bits per heavy atom. The number of nitro groups is 1. The van der Waals surface area contributed by atoms with Gasteiger partial charge in [-0.25, -0.2) is 4.79 Å². The lowest BCUT2D eigenvalue weighted by molar-refractivity contribution is -0.384. The number of carbonyl (C=O) groups excluding carboxylic acids is 1. The zero-order chi connectivity index (χ0) is 23.0. The van der Waals surface area contributed by atoms with Gasteiger partial charge in [-0.1, -0.05) is 65.1 Å². The molecule has 0 radical (unpaired) electrons. The molecule has 31 heavy (non-hydrogen) atoms. The summed E-state index contributed by atoms with van der Waals surface area (Å²) >= 11 is 22.9. The van der Waals surface area contributed by atoms with Gasteiger partial charge in [0.25, 0.3) is 5.69 Å². The number of benzene rings is 2. The zero-order valence-corrected chi connectivity index (χ0v) is 19.0. The Balaban J connectivity index is 2.03. The van der Waals surface area contributed by atoms with Crippen molar-refractivity contribution in [1.82, 2.24) is 10.6 Å². The quantitative estimate of drug-likeness (QED) is 0.165. The highest BCUT2D eigenvalue weighted by Crippen LogP contribution is 2.31. The van der Waals surface area contributed by atoms with Gasteiger partial charge >= 0.3 is 6.09 Å². The highest BCUT2D eigenvalue weighted by Gasteiger charge is 2.35. The number of ether oxygens (including phenoxy) is 2. The van der Waals surface area contributed by atoms with Crippen LogP contribution in [0.2, 0.25) is 0 Å². The summed E-state index contributed by atoms with van der Waals surface area (Å²) in [5, 5.41) is 18.7. The molecule has 13 heteroatoms. The van der Waals surface area contributed by atoms with E-state index >= 15 is 0 Å². The molecule has 1 atom stereocenters. The first-order chi connectivity index (χ1) is 14.6. The molecular formula is C18H17Cl3N4O5S. The first kappa shape index (κ1) is 24.7. The standard InChI is InChI=1S/C18H17Cl3N4O5S/c1-29-12-7-8-13(14(9-12)25(27)28)22-16(31)23-15(18(19,20)21)24-17(26)30-10-11-5-3-2-4-6-11/h2-9,15H,10H2,1H3,(H,24,26)(H2,22,23,31)/t15-/m1/s1. The average Bonchev–Trinajstić information content (AvgIpc) is 2.72. The summed E-state index contributed by atoms with van der Waals surface area (Å²) in [6.07, 6.45) is -2.18. The minimum absolute atomic E-state index is 0.0000100. The van der Waals surface area contributed by atoms with E-state index in [9.17, 15) is 14.9 Å². The van der Waals surface area contributed by atoms with E-state index in [0.717, 1.165) is 5.56 Å². The van der Waals surface area contributed by atoms with Crippen LogP contribution in [0.4, 0.5) is 16.2 Å². The molecule has 0 aromatic heterocycles. The second-order valence-corrected chi connectivity index (χ2v) is 8.70. The highest BCUT2D eigenvalue weighted by atomic mass is 35.6. The Bertz CT molecular complexity index is 944. The molecule has 9 nitrogen and oxygen atoms in total. The van der Waals surface area contributed by atoms with Crippen molar-refractivity contribution >= 4 is 69.6 Å². The van der Waals surface area contributed by atoms with Crippen LogP contribution in [-0.4, -0.2) is 33.2 Å². The van der Waals surface area contributed by atoms with Gasteiger partial charge in [-0.3, -0.25) is 15.4 Å². The molecule has 0 unspecified atom stereocenters. The van der Waals surface area contributed by atoms with Crippen LogP contribution in [0.25, 0.3) is 0 Å². The first-order valence-electron chi connectivity index (χ1n) is 8.54. The summed E-state index contributed by atoms with van der Waals surface area (Å²) in [6, 6.07) is 13.1. The number of amides is 1. The number of thiocarbonyl (C=S) groups is 1. The first-order valence-corrected chi connectivity index (χ1v) is 10.1. The van der Waals surface area contributed by atoms with Crippen molar-refractivity contribution in [2.45, 2.75) is 16.6 Å². The lowest BCUT2D eigenvalue weighted by Gasteiger charge is -2.27. The van der Waals surface area contributed by atoms with Gasteiger partial charge in [0, 0.05) is 0 Å². The van der Waals surface area contributed by atoms with E-state index in [-0.39, 0.29) is 28.8 Å². The molecule has 1 amide bonds. The minimum atomic E-state index is -2.02. The van der Waals surface area contributed by atoms with Crippen LogP contribution in [0, 0.1) is 10.1 Å². The van der Waals surface area contributed by atoms with Crippen LogP contribution in [0.1, 0.15) is 5.56 Å². The Morgan fingerprint density at radius 3 is 2.45 bits per heavy atom. The van der Waals surface area contributed by atoms with Crippen molar-refractivity contribution < 1.29 is 19.2 Å². The van der Waals surface area contributed by atoms with Gasteiger partial charge in [-0.15, -0.1) is 0 Å². The SMILES string of the molecule is COc1ccc(NC(=S)N[C@H](NC(=O)OCc2ccccc2)C(Cl)(Cl)Cl)c([N+](=O)[O-])c1. The second-order valence-electron chi connectivity index (χ2n) is 5.92. The van der Waals surface area contributed by atoms with Crippen molar-refractivity contribution in [3.63, 3.8) is 0 Å². The smallest absolute Gasteiger partial charge is 0.409 e. The van der Waals surface area contributed by atoms with E-state index in [0.29, 0.717) is 0 Å².